The Morgan fingerprint density at radius 2 is 1.87 bits per heavy atom. The second-order valence-corrected chi connectivity index (χ2v) is 9.19. The van der Waals surface area contributed by atoms with Gasteiger partial charge in [0.1, 0.15) is 24.0 Å². The van der Waals surface area contributed by atoms with Gasteiger partial charge in [-0.25, -0.2) is 0 Å². The van der Waals surface area contributed by atoms with Crippen LogP contribution in [0.1, 0.15) is 11.1 Å². The van der Waals surface area contributed by atoms with Crippen molar-refractivity contribution in [3.63, 3.8) is 0 Å². The first kappa shape index (κ1) is 23.6. The van der Waals surface area contributed by atoms with Crippen molar-refractivity contribution in [2.45, 2.75) is 6.61 Å². The molecule has 0 fully saturated rings. The molecule has 0 aromatic heterocycles. The molecule has 3 rings (SSSR count). The van der Waals surface area contributed by atoms with Crippen LogP contribution < -0.4 is 10.1 Å². The van der Waals surface area contributed by atoms with Gasteiger partial charge < -0.3 is 10.1 Å². The molecule has 3 aromatic carbocycles. The quantitative estimate of drug-likeness (QED) is 0.175. The smallest absolute Gasteiger partial charge is 0.266 e. The van der Waals surface area contributed by atoms with Crippen molar-refractivity contribution >= 4 is 79.4 Å². The molecule has 0 aliphatic heterocycles. The molecule has 31 heavy (non-hydrogen) atoms. The molecule has 0 radical (unpaired) electrons. The van der Waals surface area contributed by atoms with E-state index >= 15 is 0 Å². The topological polar surface area (TPSA) is 62.1 Å². The Balaban J connectivity index is 1.78. The van der Waals surface area contributed by atoms with Crippen LogP contribution in [-0.4, -0.2) is 5.91 Å². The molecule has 1 N–H and O–H groups in total. The molecular weight excluding hydrogens is 614 g/mol. The van der Waals surface area contributed by atoms with Gasteiger partial charge in [-0.15, -0.1) is 0 Å². The number of benzene rings is 3. The molecule has 0 aliphatic carbocycles. The second kappa shape index (κ2) is 11.0. The third-order valence-corrected chi connectivity index (χ3v) is 6.09. The summed E-state index contributed by atoms with van der Waals surface area (Å²) in [5, 5.41) is 13.2. The van der Waals surface area contributed by atoms with E-state index in [2.05, 4.69) is 43.8 Å². The van der Waals surface area contributed by atoms with Gasteiger partial charge in [0.15, 0.2) is 0 Å². The summed E-state index contributed by atoms with van der Waals surface area (Å²) in [4.78, 5) is 12.5. The van der Waals surface area contributed by atoms with Gasteiger partial charge in [-0.3, -0.25) is 4.79 Å². The molecule has 0 saturated carbocycles. The van der Waals surface area contributed by atoms with Gasteiger partial charge in [0, 0.05) is 5.02 Å². The molecule has 4 nitrogen and oxygen atoms in total. The molecular formula is C23H14BrCl2IN2O2. The zero-order valence-corrected chi connectivity index (χ0v) is 21.1. The molecule has 0 atom stereocenters. The molecule has 0 aliphatic rings. The molecule has 156 valence electrons. The molecule has 8 heteroatoms. The van der Waals surface area contributed by atoms with Crippen LogP contribution in [0, 0.1) is 14.9 Å². The summed E-state index contributed by atoms with van der Waals surface area (Å²) in [5.74, 6) is 0.136. The maximum Gasteiger partial charge on any atom is 0.266 e. The zero-order chi connectivity index (χ0) is 22.4. The minimum Gasteiger partial charge on any atom is -0.487 e. The lowest BCUT2D eigenvalue weighted by Gasteiger charge is -2.12. The van der Waals surface area contributed by atoms with E-state index in [4.69, 9.17) is 27.9 Å². The number of anilines is 1. The SMILES string of the molecule is N#C/C(=C\c1cc(Br)c(OCc2ccc(Cl)cc2)c(I)c1)C(=O)Nc1ccccc1Cl. The molecule has 0 heterocycles. The normalized spacial score (nSPS) is 11.0. The number of halogens is 4. The number of ether oxygens (including phenoxy) is 1. The average Bonchev–Trinajstić information content (AvgIpc) is 2.74. The van der Waals surface area contributed by atoms with Crippen molar-refractivity contribution in [3.8, 4) is 11.8 Å². The second-order valence-electron chi connectivity index (χ2n) is 6.33. The highest BCUT2D eigenvalue weighted by atomic mass is 127. The van der Waals surface area contributed by atoms with E-state index in [0.717, 1.165) is 9.13 Å². The lowest BCUT2D eigenvalue weighted by atomic mass is 10.1. The first-order valence-electron chi connectivity index (χ1n) is 8.91. The van der Waals surface area contributed by atoms with Crippen LogP contribution in [0.15, 0.2) is 70.7 Å². The number of amides is 1. The predicted octanol–water partition coefficient (Wildman–Crippen LogP) is 7.49. The van der Waals surface area contributed by atoms with Crippen molar-refractivity contribution in [2.75, 3.05) is 5.32 Å². The third-order valence-electron chi connectivity index (χ3n) is 4.12. The fraction of sp³-hybridized carbons (Fsp3) is 0.0435. The number of rotatable bonds is 6. The number of hydrogen-bond donors (Lipinski definition) is 1. The van der Waals surface area contributed by atoms with Crippen LogP contribution in [0.5, 0.6) is 5.75 Å². The first-order chi connectivity index (χ1) is 14.9. The Kier molecular flexibility index (Phi) is 8.38. The Hall–Kier alpha value is -2.05. The van der Waals surface area contributed by atoms with Crippen LogP contribution in [0.4, 0.5) is 5.69 Å². The summed E-state index contributed by atoms with van der Waals surface area (Å²) in [7, 11) is 0. The van der Waals surface area contributed by atoms with Crippen LogP contribution in [0.2, 0.25) is 10.0 Å². The van der Waals surface area contributed by atoms with Gasteiger partial charge in [-0.05, 0) is 92.1 Å². The van der Waals surface area contributed by atoms with Gasteiger partial charge >= 0.3 is 0 Å². The van der Waals surface area contributed by atoms with E-state index < -0.39 is 5.91 Å². The molecule has 0 saturated heterocycles. The standard InChI is InChI=1S/C23H14BrCl2IN2O2/c24-18-10-15(9-16(12-28)23(30)29-21-4-2-1-3-19(21)26)11-20(27)22(18)31-13-14-5-7-17(25)8-6-14/h1-11H,13H2,(H,29,30)/b16-9+. The number of nitrogens with one attached hydrogen (secondary N) is 1. The molecule has 0 spiro atoms. The van der Waals surface area contributed by atoms with Gasteiger partial charge in [0.05, 0.1) is 18.8 Å². The Bertz CT molecular complexity index is 1170. The van der Waals surface area contributed by atoms with E-state index in [1.165, 1.54) is 6.08 Å². The largest absolute Gasteiger partial charge is 0.487 e. The summed E-state index contributed by atoms with van der Waals surface area (Å²) in [6.07, 6.45) is 1.52. The minimum atomic E-state index is -0.537. The summed E-state index contributed by atoms with van der Waals surface area (Å²) in [5.41, 5.74) is 2.06. The fourth-order valence-corrected chi connectivity index (χ4v) is 4.68. The number of carbonyl (C=O) groups is 1. The number of nitrogens with zero attached hydrogens (tertiary/aromatic N) is 1. The molecule has 1 amide bonds. The lowest BCUT2D eigenvalue weighted by Crippen LogP contribution is -2.13. The zero-order valence-electron chi connectivity index (χ0n) is 15.8. The summed E-state index contributed by atoms with van der Waals surface area (Å²) < 4.78 is 7.48. The van der Waals surface area contributed by atoms with Crippen LogP contribution >= 0.6 is 61.7 Å². The lowest BCUT2D eigenvalue weighted by molar-refractivity contribution is -0.112. The highest BCUT2D eigenvalue weighted by Crippen LogP contribution is 2.33. The Labute approximate surface area is 212 Å². The minimum absolute atomic E-state index is 0.0440. The van der Waals surface area contributed by atoms with Gasteiger partial charge in [-0.1, -0.05) is 47.5 Å². The van der Waals surface area contributed by atoms with Gasteiger partial charge in [-0.2, -0.15) is 5.26 Å². The van der Waals surface area contributed by atoms with Crippen molar-refractivity contribution in [1.82, 2.24) is 0 Å². The molecule has 3 aromatic rings. The highest BCUT2D eigenvalue weighted by Gasteiger charge is 2.13. The number of carbonyl (C=O) groups excluding carboxylic acids is 1. The predicted molar refractivity (Wildman–Crippen MR) is 136 cm³/mol. The van der Waals surface area contributed by atoms with Crippen LogP contribution in [0.25, 0.3) is 6.08 Å². The van der Waals surface area contributed by atoms with Gasteiger partial charge in [0.25, 0.3) is 5.91 Å². The van der Waals surface area contributed by atoms with Crippen LogP contribution in [-0.2, 0) is 11.4 Å². The van der Waals surface area contributed by atoms with Crippen molar-refractivity contribution < 1.29 is 9.53 Å². The highest BCUT2D eigenvalue weighted by molar-refractivity contribution is 14.1. The average molecular weight is 628 g/mol. The fourth-order valence-electron chi connectivity index (χ4n) is 2.60. The van der Waals surface area contributed by atoms with E-state index in [0.29, 0.717) is 38.1 Å². The maximum absolute atomic E-state index is 12.5. The van der Waals surface area contributed by atoms with E-state index in [9.17, 15) is 10.1 Å². The van der Waals surface area contributed by atoms with E-state index in [1.807, 2.05) is 36.4 Å². The van der Waals surface area contributed by atoms with Crippen molar-refractivity contribution in [1.29, 1.82) is 5.26 Å². The number of hydrogen-bond acceptors (Lipinski definition) is 3. The third kappa shape index (κ3) is 6.47. The van der Waals surface area contributed by atoms with Crippen LogP contribution in [0.3, 0.4) is 0 Å². The summed E-state index contributed by atoms with van der Waals surface area (Å²) in [6.45, 7) is 0.380. The summed E-state index contributed by atoms with van der Waals surface area (Å²) >= 11 is 17.7. The van der Waals surface area contributed by atoms with Crippen molar-refractivity contribution in [3.05, 3.63) is 95.5 Å². The Morgan fingerprint density at radius 3 is 2.52 bits per heavy atom. The maximum atomic E-state index is 12.5. The first-order valence-corrected chi connectivity index (χ1v) is 11.5. The van der Waals surface area contributed by atoms with E-state index in [1.54, 1.807) is 30.3 Å². The Morgan fingerprint density at radius 1 is 1.16 bits per heavy atom. The number of para-hydroxylation sites is 1. The molecule has 0 bridgehead atoms. The van der Waals surface area contributed by atoms with E-state index in [-0.39, 0.29) is 5.57 Å². The summed E-state index contributed by atoms with van der Waals surface area (Å²) in [6, 6.07) is 19.8. The monoisotopic (exact) mass is 626 g/mol. The number of nitriles is 1. The van der Waals surface area contributed by atoms with Crippen molar-refractivity contribution in [2.24, 2.45) is 0 Å². The molecule has 0 unspecified atom stereocenters. The van der Waals surface area contributed by atoms with Gasteiger partial charge in [0.2, 0.25) is 0 Å².